The number of aryl methyl sites for hydroxylation is 1. The minimum Gasteiger partial charge on any atom is -0.304 e. The first-order valence-electron chi connectivity index (χ1n) is 5.75. The Bertz CT molecular complexity index is 564. The molecule has 1 aliphatic heterocycles. The van der Waals surface area contributed by atoms with E-state index >= 15 is 0 Å². The molecule has 3 nitrogen and oxygen atoms in total. The lowest BCUT2D eigenvalue weighted by molar-refractivity contribution is -0.133. The number of alkyl halides is 3. The van der Waals surface area contributed by atoms with Crippen LogP contribution in [0.4, 0.5) is 18.9 Å². The van der Waals surface area contributed by atoms with E-state index in [1.54, 1.807) is 19.9 Å². The highest BCUT2D eigenvalue weighted by Crippen LogP contribution is 2.35. The number of nitrogens with zero attached hydrogens (tertiary/aromatic N) is 1. The Morgan fingerprint density at radius 1 is 1.16 bits per heavy atom. The SMILES string of the molecule is Cc1ccc2c(c1C)N(CCC(F)(F)F)C(=O)C2=O. The van der Waals surface area contributed by atoms with Crippen LogP contribution in [0.15, 0.2) is 12.1 Å². The zero-order valence-corrected chi connectivity index (χ0v) is 10.5. The smallest absolute Gasteiger partial charge is 0.304 e. The Balaban J connectivity index is 2.40. The highest BCUT2D eigenvalue weighted by molar-refractivity contribution is 6.52. The molecule has 1 aromatic rings. The lowest BCUT2D eigenvalue weighted by atomic mass is 10.0. The van der Waals surface area contributed by atoms with Crippen molar-refractivity contribution in [2.75, 3.05) is 11.4 Å². The lowest BCUT2D eigenvalue weighted by Gasteiger charge is -2.20. The Hall–Kier alpha value is -1.85. The van der Waals surface area contributed by atoms with Crippen molar-refractivity contribution in [1.29, 1.82) is 0 Å². The zero-order valence-electron chi connectivity index (χ0n) is 10.5. The molecule has 1 aromatic carbocycles. The summed E-state index contributed by atoms with van der Waals surface area (Å²) in [6.45, 7) is 2.96. The number of Topliss-reactive ketones (excluding diaryl/α,β-unsaturated/α-hetero) is 1. The number of fused-ring (bicyclic) bond motifs is 1. The zero-order chi connectivity index (χ0) is 14.4. The summed E-state index contributed by atoms with van der Waals surface area (Å²) in [7, 11) is 0. The number of anilines is 1. The predicted molar refractivity (Wildman–Crippen MR) is 63.3 cm³/mol. The molecule has 0 aromatic heterocycles. The fraction of sp³-hybridized carbons (Fsp3) is 0.385. The van der Waals surface area contributed by atoms with Crippen molar-refractivity contribution >= 4 is 17.4 Å². The number of rotatable bonds is 2. The van der Waals surface area contributed by atoms with Crippen LogP contribution in [-0.4, -0.2) is 24.4 Å². The molecule has 19 heavy (non-hydrogen) atoms. The van der Waals surface area contributed by atoms with E-state index in [0.717, 1.165) is 10.5 Å². The van der Waals surface area contributed by atoms with E-state index in [1.807, 2.05) is 0 Å². The van der Waals surface area contributed by atoms with E-state index in [2.05, 4.69) is 0 Å². The van der Waals surface area contributed by atoms with Crippen molar-refractivity contribution in [1.82, 2.24) is 0 Å². The summed E-state index contributed by atoms with van der Waals surface area (Å²) in [4.78, 5) is 24.4. The Labute approximate surface area is 108 Å². The molecule has 0 saturated heterocycles. The van der Waals surface area contributed by atoms with Gasteiger partial charge in [0.1, 0.15) is 0 Å². The summed E-state index contributed by atoms with van der Waals surface area (Å²) < 4.78 is 36.8. The average molecular weight is 271 g/mol. The van der Waals surface area contributed by atoms with E-state index in [-0.39, 0.29) is 5.56 Å². The van der Waals surface area contributed by atoms with Crippen molar-refractivity contribution in [2.24, 2.45) is 0 Å². The van der Waals surface area contributed by atoms with Gasteiger partial charge in [-0.3, -0.25) is 9.59 Å². The summed E-state index contributed by atoms with van der Waals surface area (Å²) in [5.74, 6) is -1.62. The van der Waals surface area contributed by atoms with Crippen molar-refractivity contribution in [3.8, 4) is 0 Å². The summed E-state index contributed by atoms with van der Waals surface area (Å²) in [5, 5.41) is 0. The van der Waals surface area contributed by atoms with Crippen LogP contribution in [0.3, 0.4) is 0 Å². The number of ketones is 1. The van der Waals surface area contributed by atoms with Crippen LogP contribution in [0.2, 0.25) is 0 Å². The van der Waals surface area contributed by atoms with Gasteiger partial charge in [0.25, 0.3) is 11.7 Å². The van der Waals surface area contributed by atoms with Gasteiger partial charge >= 0.3 is 6.18 Å². The number of carbonyl (C=O) groups excluding carboxylic acids is 2. The number of amides is 1. The molecule has 102 valence electrons. The molecular formula is C13H12F3NO2. The van der Waals surface area contributed by atoms with E-state index in [0.29, 0.717) is 11.3 Å². The third-order valence-electron chi connectivity index (χ3n) is 3.27. The van der Waals surface area contributed by atoms with Gasteiger partial charge in [-0.25, -0.2) is 0 Å². The molecule has 0 fully saturated rings. The molecule has 0 radical (unpaired) electrons. The summed E-state index contributed by atoms with van der Waals surface area (Å²) >= 11 is 0. The van der Waals surface area contributed by atoms with Crippen LogP contribution >= 0.6 is 0 Å². The first kappa shape index (κ1) is 13.6. The van der Waals surface area contributed by atoms with Crippen LogP contribution in [0.1, 0.15) is 27.9 Å². The maximum absolute atomic E-state index is 12.3. The van der Waals surface area contributed by atoms with Crippen LogP contribution < -0.4 is 4.90 Å². The van der Waals surface area contributed by atoms with Crippen LogP contribution in [0, 0.1) is 13.8 Å². The average Bonchev–Trinajstić information content (AvgIpc) is 2.55. The number of hydrogen-bond donors (Lipinski definition) is 0. The van der Waals surface area contributed by atoms with E-state index in [4.69, 9.17) is 0 Å². The maximum Gasteiger partial charge on any atom is 0.390 e. The number of hydrogen-bond acceptors (Lipinski definition) is 2. The second kappa shape index (κ2) is 4.36. The maximum atomic E-state index is 12.3. The van der Waals surface area contributed by atoms with E-state index in [1.165, 1.54) is 6.07 Å². The third-order valence-corrected chi connectivity index (χ3v) is 3.27. The molecule has 0 N–H and O–H groups in total. The van der Waals surface area contributed by atoms with Gasteiger partial charge in [-0.05, 0) is 31.0 Å². The molecule has 0 aliphatic carbocycles. The standard InChI is InChI=1S/C13H12F3NO2/c1-7-3-4-9-10(8(7)2)17(12(19)11(9)18)6-5-13(14,15)16/h3-4H,5-6H2,1-2H3. The first-order valence-corrected chi connectivity index (χ1v) is 5.75. The van der Waals surface area contributed by atoms with Crippen molar-refractivity contribution in [2.45, 2.75) is 26.4 Å². The van der Waals surface area contributed by atoms with Crippen LogP contribution in [0.5, 0.6) is 0 Å². The summed E-state index contributed by atoms with van der Waals surface area (Å²) in [6, 6.07) is 3.18. The summed E-state index contributed by atoms with van der Waals surface area (Å²) in [5.41, 5.74) is 2.01. The minimum absolute atomic E-state index is 0.190. The number of carbonyl (C=O) groups is 2. The van der Waals surface area contributed by atoms with Crippen LogP contribution in [0.25, 0.3) is 0 Å². The van der Waals surface area contributed by atoms with E-state index in [9.17, 15) is 22.8 Å². The fourth-order valence-electron chi connectivity index (χ4n) is 2.12. The second-order valence-corrected chi connectivity index (χ2v) is 4.55. The molecule has 0 unspecified atom stereocenters. The fourth-order valence-corrected chi connectivity index (χ4v) is 2.12. The minimum atomic E-state index is -4.36. The van der Waals surface area contributed by atoms with E-state index < -0.39 is 30.8 Å². The topological polar surface area (TPSA) is 37.4 Å². The Kier molecular flexibility index (Phi) is 3.12. The van der Waals surface area contributed by atoms with Crippen LogP contribution in [-0.2, 0) is 4.79 Å². The first-order chi connectivity index (χ1) is 8.72. The largest absolute Gasteiger partial charge is 0.390 e. The number of halogens is 3. The molecule has 2 rings (SSSR count). The molecular weight excluding hydrogens is 259 g/mol. The van der Waals surface area contributed by atoms with Gasteiger partial charge in [0, 0.05) is 6.54 Å². The third kappa shape index (κ3) is 2.34. The highest BCUT2D eigenvalue weighted by Gasteiger charge is 2.39. The van der Waals surface area contributed by atoms with Crippen molar-refractivity contribution < 1.29 is 22.8 Å². The highest BCUT2D eigenvalue weighted by atomic mass is 19.4. The quantitative estimate of drug-likeness (QED) is 0.776. The molecule has 0 bridgehead atoms. The molecule has 6 heteroatoms. The van der Waals surface area contributed by atoms with Gasteiger partial charge in [0.2, 0.25) is 0 Å². The number of benzene rings is 1. The molecule has 1 amide bonds. The Morgan fingerprint density at radius 3 is 2.37 bits per heavy atom. The Morgan fingerprint density at radius 2 is 1.79 bits per heavy atom. The molecule has 0 atom stereocenters. The molecule has 0 saturated carbocycles. The second-order valence-electron chi connectivity index (χ2n) is 4.55. The van der Waals surface area contributed by atoms with Crippen molar-refractivity contribution in [3.05, 3.63) is 28.8 Å². The predicted octanol–water partition coefficient (Wildman–Crippen LogP) is 2.79. The normalized spacial score (nSPS) is 15.1. The molecule has 0 spiro atoms. The van der Waals surface area contributed by atoms with Gasteiger partial charge in [0.15, 0.2) is 0 Å². The molecule has 1 heterocycles. The van der Waals surface area contributed by atoms with Crippen molar-refractivity contribution in [3.63, 3.8) is 0 Å². The van der Waals surface area contributed by atoms with Gasteiger partial charge in [-0.15, -0.1) is 0 Å². The van der Waals surface area contributed by atoms with Gasteiger partial charge in [-0.2, -0.15) is 13.2 Å². The van der Waals surface area contributed by atoms with Gasteiger partial charge in [-0.1, -0.05) is 6.07 Å². The molecule has 1 aliphatic rings. The monoisotopic (exact) mass is 271 g/mol. The lowest BCUT2D eigenvalue weighted by Crippen LogP contribution is -2.33. The van der Waals surface area contributed by atoms with Gasteiger partial charge < -0.3 is 4.90 Å². The van der Waals surface area contributed by atoms with Gasteiger partial charge in [0.05, 0.1) is 17.7 Å². The summed E-state index contributed by atoms with van der Waals surface area (Å²) in [6.07, 6.45) is -5.48.